The van der Waals surface area contributed by atoms with Gasteiger partial charge in [0.05, 0.1) is 11.3 Å². The monoisotopic (exact) mass is 364 g/mol. The standard InChI is InChI=1S/C25H29N2/c1-14(2)20-12-23(27(7)13-17(20)5)25-15(3)8-9-19-21(25)11-22-24(19)16(4)10-18(6)26-22/h8-10,12-14H,11H2,1-7H3/q+1/i4D3,5D3,14D. The minimum atomic E-state index is -2.34. The summed E-state index contributed by atoms with van der Waals surface area (Å²) in [5.74, 6) is -1.12. The Kier molecular flexibility index (Phi) is 2.66. The summed E-state index contributed by atoms with van der Waals surface area (Å²) in [7, 11) is 1.81. The fourth-order valence-electron chi connectivity index (χ4n) is 4.18. The topological polar surface area (TPSA) is 16.8 Å². The molecule has 2 aromatic heterocycles. The zero-order valence-corrected chi connectivity index (χ0v) is 16.5. The lowest BCUT2D eigenvalue weighted by Gasteiger charge is -2.15. The van der Waals surface area contributed by atoms with Crippen molar-refractivity contribution in [1.82, 2.24) is 4.98 Å². The smallest absolute Gasteiger partial charge is 0.213 e. The molecular weight excluding hydrogens is 328 g/mol. The van der Waals surface area contributed by atoms with Crippen LogP contribution in [-0.4, -0.2) is 4.98 Å². The minimum absolute atomic E-state index is 0.161. The minimum Gasteiger partial charge on any atom is -0.257 e. The quantitative estimate of drug-likeness (QED) is 0.429. The van der Waals surface area contributed by atoms with Crippen LogP contribution >= 0.6 is 0 Å². The summed E-state index contributed by atoms with van der Waals surface area (Å²) in [6, 6.07) is 7.38. The molecule has 0 spiro atoms. The molecule has 0 fully saturated rings. The molecule has 2 heterocycles. The molecule has 0 unspecified atom stereocenters. The molecule has 0 radical (unpaired) electrons. The van der Waals surface area contributed by atoms with Gasteiger partial charge < -0.3 is 0 Å². The van der Waals surface area contributed by atoms with Crippen molar-refractivity contribution in [2.24, 2.45) is 7.05 Å². The largest absolute Gasteiger partial charge is 0.257 e. The third-order valence-corrected chi connectivity index (χ3v) is 5.43. The first-order valence-corrected chi connectivity index (χ1v) is 9.19. The van der Waals surface area contributed by atoms with Crippen LogP contribution in [0.5, 0.6) is 0 Å². The van der Waals surface area contributed by atoms with Gasteiger partial charge in [0.15, 0.2) is 6.20 Å². The van der Waals surface area contributed by atoms with E-state index in [1.54, 1.807) is 37.6 Å². The highest BCUT2D eigenvalue weighted by atomic mass is 14.9. The van der Waals surface area contributed by atoms with Crippen LogP contribution in [0.15, 0.2) is 30.5 Å². The van der Waals surface area contributed by atoms with Gasteiger partial charge in [0.2, 0.25) is 5.69 Å². The summed E-state index contributed by atoms with van der Waals surface area (Å²) in [5, 5.41) is 0. The van der Waals surface area contributed by atoms with E-state index in [9.17, 15) is 0 Å². The SMILES string of the molecule is [2H]C([2H])([2H])c1c[n+](C)c(-c2c(C)ccc3c2Cc2nc(C)cc(C([2H])([2H])[2H])c2-3)cc1C([2H])(C)C. The van der Waals surface area contributed by atoms with Gasteiger partial charge in [-0.1, -0.05) is 26.0 Å². The first-order chi connectivity index (χ1) is 15.5. The number of nitrogens with zero attached hydrogens (tertiary/aromatic N) is 2. The zero-order valence-electron chi connectivity index (χ0n) is 23.5. The Balaban J connectivity index is 2.03. The number of aryl methyl sites for hydroxylation is 5. The molecule has 27 heavy (non-hydrogen) atoms. The van der Waals surface area contributed by atoms with Crippen LogP contribution in [0.2, 0.25) is 0 Å². The number of rotatable bonds is 2. The number of benzene rings is 1. The van der Waals surface area contributed by atoms with E-state index in [-0.39, 0.29) is 5.56 Å². The van der Waals surface area contributed by atoms with Gasteiger partial charge in [-0.05, 0) is 67.3 Å². The molecule has 0 N–H and O–H groups in total. The van der Waals surface area contributed by atoms with E-state index in [0.717, 1.165) is 33.6 Å². The van der Waals surface area contributed by atoms with Crippen molar-refractivity contribution in [3.63, 3.8) is 0 Å². The van der Waals surface area contributed by atoms with E-state index in [1.807, 2.05) is 32.2 Å². The third-order valence-electron chi connectivity index (χ3n) is 5.43. The second-order valence-corrected chi connectivity index (χ2v) is 7.69. The Morgan fingerprint density at radius 2 is 1.85 bits per heavy atom. The van der Waals surface area contributed by atoms with Crippen molar-refractivity contribution >= 4 is 0 Å². The average Bonchev–Trinajstić information content (AvgIpc) is 3.03. The van der Waals surface area contributed by atoms with Crippen molar-refractivity contribution in [1.29, 1.82) is 0 Å². The molecule has 0 saturated heterocycles. The Bertz CT molecular complexity index is 1310. The number of fused-ring (bicyclic) bond motifs is 3. The van der Waals surface area contributed by atoms with Crippen molar-refractivity contribution in [2.45, 2.75) is 53.7 Å². The molecule has 0 amide bonds. The van der Waals surface area contributed by atoms with Crippen LogP contribution in [0.25, 0.3) is 22.4 Å². The molecule has 138 valence electrons. The number of hydrogen-bond donors (Lipinski definition) is 0. The Morgan fingerprint density at radius 3 is 2.56 bits per heavy atom. The van der Waals surface area contributed by atoms with E-state index in [4.69, 9.17) is 9.60 Å². The van der Waals surface area contributed by atoms with Gasteiger partial charge in [0.1, 0.15) is 7.05 Å². The van der Waals surface area contributed by atoms with Gasteiger partial charge in [0.25, 0.3) is 0 Å². The summed E-state index contributed by atoms with van der Waals surface area (Å²) >= 11 is 0. The fraction of sp³-hybridized carbons (Fsp3) is 0.360. The second kappa shape index (κ2) is 6.30. The van der Waals surface area contributed by atoms with E-state index in [1.165, 1.54) is 0 Å². The summed E-state index contributed by atoms with van der Waals surface area (Å²) < 4.78 is 58.6. The molecule has 3 aromatic rings. The summed E-state index contributed by atoms with van der Waals surface area (Å²) in [4.78, 5) is 4.67. The van der Waals surface area contributed by atoms with Crippen molar-refractivity contribution in [3.05, 3.63) is 69.7 Å². The van der Waals surface area contributed by atoms with E-state index in [2.05, 4.69) is 4.98 Å². The summed E-state index contributed by atoms with van der Waals surface area (Å²) in [5.41, 5.74) is 7.53. The number of hydrogen-bond acceptors (Lipinski definition) is 1. The van der Waals surface area contributed by atoms with Crippen LogP contribution in [0.3, 0.4) is 0 Å². The lowest BCUT2D eigenvalue weighted by atomic mass is 9.91. The van der Waals surface area contributed by atoms with Crippen molar-refractivity contribution < 1.29 is 14.2 Å². The molecule has 0 aliphatic heterocycles. The van der Waals surface area contributed by atoms with Crippen molar-refractivity contribution in [3.8, 4) is 22.4 Å². The second-order valence-electron chi connectivity index (χ2n) is 7.69. The fourth-order valence-corrected chi connectivity index (χ4v) is 4.18. The third kappa shape index (κ3) is 2.79. The predicted molar refractivity (Wildman–Crippen MR) is 112 cm³/mol. The molecule has 2 nitrogen and oxygen atoms in total. The Hall–Kier alpha value is -2.48. The van der Waals surface area contributed by atoms with Crippen LogP contribution in [0, 0.1) is 27.6 Å². The maximum Gasteiger partial charge on any atom is 0.213 e. The van der Waals surface area contributed by atoms with Crippen molar-refractivity contribution in [2.75, 3.05) is 0 Å². The normalized spacial score (nSPS) is 17.6. The lowest BCUT2D eigenvalue weighted by Crippen LogP contribution is -2.32. The average molecular weight is 365 g/mol. The zero-order chi connectivity index (χ0) is 25.4. The Labute approximate surface area is 172 Å². The first-order valence-electron chi connectivity index (χ1n) is 12.7. The summed E-state index contributed by atoms with van der Waals surface area (Å²) in [6.07, 6.45) is 2.10. The molecule has 1 aliphatic rings. The van der Waals surface area contributed by atoms with Crippen LogP contribution < -0.4 is 4.57 Å². The van der Waals surface area contributed by atoms with Crippen LogP contribution in [-0.2, 0) is 13.5 Å². The predicted octanol–water partition coefficient (Wildman–Crippen LogP) is 5.50. The van der Waals surface area contributed by atoms with Gasteiger partial charge in [0, 0.05) is 38.9 Å². The van der Waals surface area contributed by atoms with E-state index < -0.39 is 19.6 Å². The van der Waals surface area contributed by atoms with Gasteiger partial charge in [-0.15, -0.1) is 0 Å². The Morgan fingerprint density at radius 1 is 1.07 bits per heavy atom. The maximum atomic E-state index is 8.62. The first kappa shape index (κ1) is 11.4. The lowest BCUT2D eigenvalue weighted by molar-refractivity contribution is -0.660. The van der Waals surface area contributed by atoms with Gasteiger partial charge in [-0.25, -0.2) is 4.57 Å². The highest BCUT2D eigenvalue weighted by Gasteiger charge is 2.29. The molecule has 4 rings (SSSR count). The highest BCUT2D eigenvalue weighted by molar-refractivity contribution is 5.85. The molecular formula is C25H29N2+. The van der Waals surface area contributed by atoms with E-state index >= 15 is 0 Å². The molecule has 0 bridgehead atoms. The maximum absolute atomic E-state index is 8.62. The molecule has 1 aromatic carbocycles. The molecule has 1 aliphatic carbocycles. The summed E-state index contributed by atoms with van der Waals surface area (Å²) in [6.45, 7) is 2.57. The highest BCUT2D eigenvalue weighted by Crippen LogP contribution is 2.43. The van der Waals surface area contributed by atoms with Gasteiger partial charge in [-0.3, -0.25) is 4.98 Å². The van der Waals surface area contributed by atoms with E-state index in [0.29, 0.717) is 28.8 Å². The van der Waals surface area contributed by atoms with Crippen LogP contribution in [0.4, 0.5) is 0 Å². The van der Waals surface area contributed by atoms with Crippen LogP contribution in [0.1, 0.15) is 68.5 Å². The van der Waals surface area contributed by atoms with Gasteiger partial charge >= 0.3 is 0 Å². The molecule has 2 heteroatoms. The number of pyridine rings is 2. The molecule has 0 atom stereocenters. The molecule has 0 saturated carbocycles. The van der Waals surface area contributed by atoms with Gasteiger partial charge in [-0.2, -0.15) is 0 Å². The number of aromatic nitrogens is 2.